The SMILES string of the molecule is COCCCN(CC(=O)N1CCc2sccc2[C@@H]1COc1ccc(Cl)cc1)C(=O)c1ccc(C)cc1. The Morgan fingerprint density at radius 3 is 2.58 bits per heavy atom. The number of hydrogen-bond donors (Lipinski definition) is 0. The number of hydrogen-bond acceptors (Lipinski definition) is 5. The van der Waals surface area contributed by atoms with Gasteiger partial charge in [-0.2, -0.15) is 0 Å². The summed E-state index contributed by atoms with van der Waals surface area (Å²) in [5.74, 6) is 0.459. The van der Waals surface area contributed by atoms with E-state index in [1.165, 1.54) is 4.88 Å². The number of ether oxygens (including phenoxy) is 2. The maximum absolute atomic E-state index is 13.7. The van der Waals surface area contributed by atoms with Gasteiger partial charge in [-0.1, -0.05) is 29.3 Å². The number of nitrogens with zero attached hydrogens (tertiary/aromatic N) is 2. The molecule has 1 aromatic heterocycles. The van der Waals surface area contributed by atoms with Crippen LogP contribution in [0.25, 0.3) is 0 Å². The van der Waals surface area contributed by atoms with Crippen LogP contribution < -0.4 is 4.74 Å². The van der Waals surface area contributed by atoms with Gasteiger partial charge >= 0.3 is 0 Å². The van der Waals surface area contributed by atoms with Crippen LogP contribution in [0.5, 0.6) is 5.75 Å². The Morgan fingerprint density at radius 1 is 1.11 bits per heavy atom. The van der Waals surface area contributed by atoms with E-state index in [1.807, 2.05) is 48.2 Å². The summed E-state index contributed by atoms with van der Waals surface area (Å²) < 4.78 is 11.3. The van der Waals surface area contributed by atoms with Crippen molar-refractivity contribution in [3.8, 4) is 5.75 Å². The number of amides is 2. The molecular weight excluding hydrogens is 496 g/mol. The molecule has 1 atom stereocenters. The molecule has 0 fully saturated rings. The third kappa shape index (κ3) is 6.46. The van der Waals surface area contributed by atoms with Crippen LogP contribution in [-0.4, -0.2) is 61.6 Å². The Morgan fingerprint density at radius 2 is 1.86 bits per heavy atom. The second-order valence-corrected chi connectivity index (χ2v) is 10.3. The monoisotopic (exact) mass is 526 g/mol. The molecule has 190 valence electrons. The first-order valence-electron chi connectivity index (χ1n) is 12.0. The molecule has 0 bridgehead atoms. The minimum atomic E-state index is -0.224. The molecular formula is C28H31ClN2O4S. The summed E-state index contributed by atoms with van der Waals surface area (Å²) in [6.45, 7) is 3.86. The molecule has 6 nitrogen and oxygen atoms in total. The molecule has 0 unspecified atom stereocenters. The fourth-order valence-corrected chi connectivity index (χ4v) is 5.42. The fourth-order valence-electron chi connectivity index (χ4n) is 4.37. The normalized spacial score (nSPS) is 14.9. The summed E-state index contributed by atoms with van der Waals surface area (Å²) in [7, 11) is 1.63. The van der Waals surface area contributed by atoms with Crippen LogP contribution in [0.4, 0.5) is 0 Å². The smallest absolute Gasteiger partial charge is 0.254 e. The number of methoxy groups -OCH3 is 1. The molecule has 0 aliphatic carbocycles. The van der Waals surface area contributed by atoms with Crippen LogP contribution in [0, 0.1) is 6.92 Å². The molecule has 2 aromatic carbocycles. The number of carbonyl (C=O) groups is 2. The lowest BCUT2D eigenvalue weighted by atomic mass is 10.0. The van der Waals surface area contributed by atoms with Crippen molar-refractivity contribution < 1.29 is 19.1 Å². The predicted molar refractivity (Wildman–Crippen MR) is 143 cm³/mol. The maximum atomic E-state index is 13.7. The highest BCUT2D eigenvalue weighted by atomic mass is 35.5. The Labute approximate surface area is 221 Å². The predicted octanol–water partition coefficient (Wildman–Crippen LogP) is 5.39. The lowest BCUT2D eigenvalue weighted by molar-refractivity contribution is -0.135. The van der Waals surface area contributed by atoms with Crippen LogP contribution in [0.2, 0.25) is 5.02 Å². The van der Waals surface area contributed by atoms with Crippen molar-refractivity contribution in [3.63, 3.8) is 0 Å². The number of fused-ring (bicyclic) bond motifs is 1. The quantitative estimate of drug-likeness (QED) is 0.332. The minimum absolute atomic E-state index is 0.00728. The lowest BCUT2D eigenvalue weighted by Gasteiger charge is -2.37. The average molecular weight is 527 g/mol. The molecule has 36 heavy (non-hydrogen) atoms. The van der Waals surface area contributed by atoms with Gasteiger partial charge in [0.05, 0.1) is 6.04 Å². The van der Waals surface area contributed by atoms with E-state index in [0.29, 0.717) is 49.1 Å². The number of rotatable bonds is 10. The van der Waals surface area contributed by atoms with E-state index in [-0.39, 0.29) is 24.4 Å². The third-order valence-electron chi connectivity index (χ3n) is 6.33. The summed E-state index contributed by atoms with van der Waals surface area (Å²) in [6, 6.07) is 16.5. The van der Waals surface area contributed by atoms with Crippen molar-refractivity contribution in [1.82, 2.24) is 9.80 Å². The van der Waals surface area contributed by atoms with Crippen LogP contribution in [0.1, 0.15) is 38.8 Å². The van der Waals surface area contributed by atoms with E-state index in [0.717, 1.165) is 17.5 Å². The molecule has 1 aliphatic heterocycles. The van der Waals surface area contributed by atoms with Crippen LogP contribution >= 0.6 is 22.9 Å². The van der Waals surface area contributed by atoms with E-state index in [9.17, 15) is 9.59 Å². The van der Waals surface area contributed by atoms with Crippen molar-refractivity contribution >= 4 is 34.8 Å². The zero-order valence-corrected chi connectivity index (χ0v) is 22.2. The molecule has 2 heterocycles. The molecule has 1 aliphatic rings. The van der Waals surface area contributed by atoms with Crippen LogP contribution in [-0.2, 0) is 16.0 Å². The van der Waals surface area contributed by atoms with Crippen molar-refractivity contribution in [2.75, 3.05) is 40.0 Å². The van der Waals surface area contributed by atoms with Gasteiger partial charge in [0.1, 0.15) is 18.9 Å². The molecule has 4 rings (SSSR count). The molecule has 2 amide bonds. The van der Waals surface area contributed by atoms with E-state index >= 15 is 0 Å². The van der Waals surface area contributed by atoms with Gasteiger partial charge in [0.2, 0.25) is 5.91 Å². The third-order valence-corrected chi connectivity index (χ3v) is 7.57. The zero-order valence-electron chi connectivity index (χ0n) is 20.6. The average Bonchev–Trinajstić information content (AvgIpc) is 3.37. The summed E-state index contributed by atoms with van der Waals surface area (Å²) >= 11 is 7.71. The first-order valence-corrected chi connectivity index (χ1v) is 13.3. The van der Waals surface area contributed by atoms with Crippen LogP contribution in [0.15, 0.2) is 60.0 Å². The number of carbonyl (C=O) groups excluding carboxylic acids is 2. The second-order valence-electron chi connectivity index (χ2n) is 8.86. The highest BCUT2D eigenvalue weighted by Crippen LogP contribution is 2.34. The van der Waals surface area contributed by atoms with Gasteiger partial charge in [0.25, 0.3) is 5.91 Å². The molecule has 0 saturated heterocycles. The molecule has 3 aromatic rings. The summed E-state index contributed by atoms with van der Waals surface area (Å²) in [6.07, 6.45) is 1.45. The number of thiophene rings is 1. The Bertz CT molecular complexity index is 1160. The van der Waals surface area contributed by atoms with Gasteiger partial charge in [-0.3, -0.25) is 9.59 Å². The number of benzene rings is 2. The first-order chi connectivity index (χ1) is 17.5. The first kappa shape index (κ1) is 26.2. The zero-order chi connectivity index (χ0) is 25.5. The highest BCUT2D eigenvalue weighted by Gasteiger charge is 2.33. The topological polar surface area (TPSA) is 59.1 Å². The molecule has 0 N–H and O–H groups in total. The van der Waals surface area contributed by atoms with Gasteiger partial charge in [-0.25, -0.2) is 0 Å². The second kappa shape index (κ2) is 12.4. The van der Waals surface area contributed by atoms with Gasteiger partial charge < -0.3 is 19.3 Å². The Kier molecular flexibility index (Phi) is 9.02. The van der Waals surface area contributed by atoms with E-state index in [2.05, 4.69) is 11.4 Å². The van der Waals surface area contributed by atoms with Crippen molar-refractivity contribution in [2.24, 2.45) is 0 Å². The largest absolute Gasteiger partial charge is 0.491 e. The highest BCUT2D eigenvalue weighted by molar-refractivity contribution is 7.10. The summed E-state index contributed by atoms with van der Waals surface area (Å²) in [4.78, 5) is 31.7. The minimum Gasteiger partial charge on any atom is -0.491 e. The number of aryl methyl sites for hydroxylation is 1. The van der Waals surface area contributed by atoms with E-state index in [4.69, 9.17) is 21.1 Å². The summed E-state index contributed by atoms with van der Waals surface area (Å²) in [5, 5.41) is 2.70. The van der Waals surface area contributed by atoms with Gasteiger partial charge in [-0.05, 0) is 73.2 Å². The Balaban J connectivity index is 1.51. The van der Waals surface area contributed by atoms with Crippen molar-refractivity contribution in [3.05, 3.63) is 86.6 Å². The van der Waals surface area contributed by atoms with Crippen molar-refractivity contribution in [2.45, 2.75) is 25.8 Å². The molecule has 0 spiro atoms. The summed E-state index contributed by atoms with van der Waals surface area (Å²) in [5.41, 5.74) is 2.77. The molecule has 0 saturated carbocycles. The van der Waals surface area contributed by atoms with Crippen molar-refractivity contribution in [1.29, 1.82) is 0 Å². The van der Waals surface area contributed by atoms with E-state index in [1.54, 1.807) is 35.5 Å². The number of halogens is 1. The molecule has 0 radical (unpaired) electrons. The maximum Gasteiger partial charge on any atom is 0.254 e. The van der Waals surface area contributed by atoms with Gasteiger partial charge in [-0.15, -0.1) is 11.3 Å². The van der Waals surface area contributed by atoms with Crippen LogP contribution in [0.3, 0.4) is 0 Å². The fraction of sp³-hybridized carbons (Fsp3) is 0.357. The molecule has 8 heteroatoms. The van der Waals surface area contributed by atoms with Gasteiger partial charge in [0.15, 0.2) is 0 Å². The Hall–Kier alpha value is -2.87. The van der Waals surface area contributed by atoms with Gasteiger partial charge in [0, 0.05) is 42.3 Å². The standard InChI is InChI=1S/C28H31ClN2O4S/c1-20-4-6-21(7-5-20)28(33)30(14-3-16-34-2)18-27(32)31-15-12-26-24(13-17-36-26)25(31)19-35-23-10-8-22(29)9-11-23/h4-11,13,17,25H,3,12,14-16,18-19H2,1-2H3/t25-/m0/s1. The lowest BCUT2D eigenvalue weighted by Crippen LogP contribution is -2.48. The van der Waals surface area contributed by atoms with E-state index < -0.39 is 0 Å².